The summed E-state index contributed by atoms with van der Waals surface area (Å²) < 4.78 is 10.6. The van der Waals surface area contributed by atoms with Gasteiger partial charge in [-0.1, -0.05) is 6.92 Å². The van der Waals surface area contributed by atoms with Crippen molar-refractivity contribution in [2.45, 2.75) is 25.7 Å². The zero-order valence-corrected chi connectivity index (χ0v) is 10.3. The van der Waals surface area contributed by atoms with E-state index in [1.54, 1.807) is 25.6 Å². The molecule has 1 unspecified atom stereocenters. The second kappa shape index (κ2) is 6.95. The van der Waals surface area contributed by atoms with Gasteiger partial charge in [0.15, 0.2) is 6.29 Å². The summed E-state index contributed by atoms with van der Waals surface area (Å²) >= 11 is 1.69. The molecule has 0 aromatic carbocycles. The van der Waals surface area contributed by atoms with Crippen LogP contribution in [0, 0.1) is 0 Å². The minimum Gasteiger partial charge on any atom is -0.354 e. The topological polar surface area (TPSA) is 30.5 Å². The molecule has 86 valence electrons. The molecule has 3 nitrogen and oxygen atoms in total. The summed E-state index contributed by atoms with van der Waals surface area (Å²) in [6, 6.07) is 2.22. The van der Waals surface area contributed by atoms with Gasteiger partial charge in [-0.05, 0) is 35.4 Å². The molecule has 0 bridgehead atoms. The van der Waals surface area contributed by atoms with Crippen molar-refractivity contribution < 1.29 is 9.47 Å². The Morgan fingerprint density at radius 1 is 1.40 bits per heavy atom. The van der Waals surface area contributed by atoms with Gasteiger partial charge in [0.05, 0.1) is 6.04 Å². The fourth-order valence-electron chi connectivity index (χ4n) is 1.49. The molecule has 1 aromatic rings. The van der Waals surface area contributed by atoms with Gasteiger partial charge < -0.3 is 14.8 Å². The van der Waals surface area contributed by atoms with Crippen LogP contribution < -0.4 is 5.32 Å². The lowest BCUT2D eigenvalue weighted by molar-refractivity contribution is -0.124. The fraction of sp³-hybridized carbons (Fsp3) is 0.636. The molecule has 0 saturated carbocycles. The van der Waals surface area contributed by atoms with E-state index in [2.05, 4.69) is 29.1 Å². The Balaban J connectivity index is 2.68. The second-order valence-electron chi connectivity index (χ2n) is 3.33. The van der Waals surface area contributed by atoms with Crippen LogP contribution in [0.5, 0.6) is 0 Å². The Hall–Kier alpha value is -0.420. The third-order valence-corrected chi connectivity index (χ3v) is 2.95. The van der Waals surface area contributed by atoms with E-state index in [0.29, 0.717) is 0 Å². The predicted molar refractivity (Wildman–Crippen MR) is 63.2 cm³/mol. The Bertz CT molecular complexity index is 247. The van der Waals surface area contributed by atoms with Gasteiger partial charge in [0, 0.05) is 14.2 Å². The Labute approximate surface area is 95.4 Å². The first kappa shape index (κ1) is 12.6. The van der Waals surface area contributed by atoms with E-state index >= 15 is 0 Å². The molecule has 0 amide bonds. The zero-order chi connectivity index (χ0) is 11.1. The average Bonchev–Trinajstić information content (AvgIpc) is 2.77. The normalized spacial score (nSPS) is 13.3. The lowest BCUT2D eigenvalue weighted by Gasteiger charge is -2.25. The number of nitrogens with one attached hydrogen (secondary N) is 1. The van der Waals surface area contributed by atoms with Crippen LogP contribution in [0.1, 0.15) is 24.9 Å². The summed E-state index contributed by atoms with van der Waals surface area (Å²) in [6.07, 6.45) is 0.868. The summed E-state index contributed by atoms with van der Waals surface area (Å²) in [6.45, 7) is 3.11. The molecular weight excluding hydrogens is 210 g/mol. The highest BCUT2D eigenvalue weighted by atomic mass is 32.1. The standard InChI is InChI=1S/C11H19NO2S/c1-4-6-12-10(11(13-2)14-3)9-5-7-15-8-9/h5,7-8,10-12H,4,6H2,1-3H3. The van der Waals surface area contributed by atoms with E-state index in [4.69, 9.17) is 9.47 Å². The maximum Gasteiger partial charge on any atom is 0.176 e. The molecule has 0 aliphatic rings. The van der Waals surface area contributed by atoms with Crippen molar-refractivity contribution in [1.82, 2.24) is 5.32 Å². The molecule has 1 aromatic heterocycles. The third kappa shape index (κ3) is 3.57. The summed E-state index contributed by atoms with van der Waals surface area (Å²) in [7, 11) is 3.34. The number of thiophene rings is 1. The number of hydrogen-bond acceptors (Lipinski definition) is 4. The van der Waals surface area contributed by atoms with Crippen LogP contribution >= 0.6 is 11.3 Å². The molecule has 15 heavy (non-hydrogen) atoms. The van der Waals surface area contributed by atoms with Crippen molar-refractivity contribution >= 4 is 11.3 Å². The summed E-state index contributed by atoms with van der Waals surface area (Å²) in [5.74, 6) is 0. The van der Waals surface area contributed by atoms with Gasteiger partial charge >= 0.3 is 0 Å². The van der Waals surface area contributed by atoms with Crippen LogP contribution in [0.15, 0.2) is 16.8 Å². The van der Waals surface area contributed by atoms with E-state index < -0.39 is 0 Å². The largest absolute Gasteiger partial charge is 0.354 e. The average molecular weight is 229 g/mol. The first-order valence-electron chi connectivity index (χ1n) is 5.14. The molecule has 0 fully saturated rings. The molecule has 4 heteroatoms. The Morgan fingerprint density at radius 2 is 2.13 bits per heavy atom. The SMILES string of the molecule is CCCNC(c1ccsc1)C(OC)OC. The van der Waals surface area contributed by atoms with Crippen LogP contribution in [0.4, 0.5) is 0 Å². The van der Waals surface area contributed by atoms with Gasteiger partial charge in [-0.15, -0.1) is 0 Å². The molecule has 0 aliphatic carbocycles. The van der Waals surface area contributed by atoms with Gasteiger partial charge in [-0.3, -0.25) is 0 Å². The van der Waals surface area contributed by atoms with Gasteiger partial charge in [0.2, 0.25) is 0 Å². The molecule has 1 rings (SSSR count). The highest BCUT2D eigenvalue weighted by molar-refractivity contribution is 7.07. The molecule has 0 saturated heterocycles. The van der Waals surface area contributed by atoms with Crippen LogP contribution in [-0.2, 0) is 9.47 Å². The van der Waals surface area contributed by atoms with Crippen LogP contribution in [0.25, 0.3) is 0 Å². The van der Waals surface area contributed by atoms with Gasteiger partial charge in [0.25, 0.3) is 0 Å². The first-order valence-corrected chi connectivity index (χ1v) is 6.08. The molecular formula is C11H19NO2S. The number of rotatable bonds is 7. The van der Waals surface area contributed by atoms with Crippen molar-refractivity contribution in [1.29, 1.82) is 0 Å². The molecule has 1 N–H and O–H groups in total. The molecule has 0 radical (unpaired) electrons. The Morgan fingerprint density at radius 3 is 2.60 bits per heavy atom. The van der Waals surface area contributed by atoms with Crippen LogP contribution in [-0.4, -0.2) is 27.1 Å². The van der Waals surface area contributed by atoms with Gasteiger partial charge in [-0.25, -0.2) is 0 Å². The molecule has 1 atom stereocenters. The highest BCUT2D eigenvalue weighted by Crippen LogP contribution is 2.21. The molecule has 0 aliphatic heterocycles. The minimum absolute atomic E-state index is 0.117. The lowest BCUT2D eigenvalue weighted by atomic mass is 10.1. The maximum absolute atomic E-state index is 5.30. The predicted octanol–water partition coefficient (Wildman–Crippen LogP) is 2.41. The van der Waals surface area contributed by atoms with E-state index in [0.717, 1.165) is 13.0 Å². The molecule has 0 spiro atoms. The first-order chi connectivity index (χ1) is 7.33. The quantitative estimate of drug-likeness (QED) is 0.728. The number of methoxy groups -OCH3 is 2. The highest BCUT2D eigenvalue weighted by Gasteiger charge is 2.22. The fourth-order valence-corrected chi connectivity index (χ4v) is 2.19. The minimum atomic E-state index is -0.230. The number of ether oxygens (including phenoxy) is 2. The monoisotopic (exact) mass is 229 g/mol. The van der Waals surface area contributed by atoms with Crippen molar-refractivity contribution in [2.24, 2.45) is 0 Å². The van der Waals surface area contributed by atoms with Gasteiger partial charge in [0.1, 0.15) is 0 Å². The van der Waals surface area contributed by atoms with E-state index in [9.17, 15) is 0 Å². The lowest BCUT2D eigenvalue weighted by Crippen LogP contribution is -2.34. The zero-order valence-electron chi connectivity index (χ0n) is 9.53. The van der Waals surface area contributed by atoms with Crippen LogP contribution in [0.2, 0.25) is 0 Å². The van der Waals surface area contributed by atoms with Crippen molar-refractivity contribution in [3.63, 3.8) is 0 Å². The van der Waals surface area contributed by atoms with E-state index in [-0.39, 0.29) is 12.3 Å². The van der Waals surface area contributed by atoms with E-state index in [1.807, 2.05) is 0 Å². The smallest absolute Gasteiger partial charge is 0.176 e. The summed E-state index contributed by atoms with van der Waals surface area (Å²) in [5.41, 5.74) is 1.22. The Kier molecular flexibility index (Phi) is 5.86. The van der Waals surface area contributed by atoms with E-state index in [1.165, 1.54) is 5.56 Å². The van der Waals surface area contributed by atoms with Crippen LogP contribution in [0.3, 0.4) is 0 Å². The van der Waals surface area contributed by atoms with Crippen molar-refractivity contribution in [3.05, 3.63) is 22.4 Å². The third-order valence-electron chi connectivity index (χ3n) is 2.25. The summed E-state index contributed by atoms with van der Waals surface area (Å²) in [4.78, 5) is 0. The van der Waals surface area contributed by atoms with Crippen molar-refractivity contribution in [2.75, 3.05) is 20.8 Å². The summed E-state index contributed by atoms with van der Waals surface area (Å²) in [5, 5.41) is 7.62. The second-order valence-corrected chi connectivity index (χ2v) is 4.11. The molecule has 1 heterocycles. The maximum atomic E-state index is 5.30. The van der Waals surface area contributed by atoms with Crippen molar-refractivity contribution in [3.8, 4) is 0 Å². The number of hydrogen-bond donors (Lipinski definition) is 1. The van der Waals surface area contributed by atoms with Gasteiger partial charge in [-0.2, -0.15) is 11.3 Å².